The van der Waals surface area contributed by atoms with Crippen LogP contribution in [-0.2, 0) is 4.79 Å². The quantitative estimate of drug-likeness (QED) is 0.417. The molecule has 0 unspecified atom stereocenters. The van der Waals surface area contributed by atoms with Gasteiger partial charge in [-0.2, -0.15) is 0 Å². The van der Waals surface area contributed by atoms with Gasteiger partial charge in [0.15, 0.2) is 4.32 Å². The highest BCUT2D eigenvalue weighted by atomic mass is 35.5. The van der Waals surface area contributed by atoms with Gasteiger partial charge in [0.2, 0.25) is 0 Å². The Labute approximate surface area is 179 Å². The maximum Gasteiger partial charge on any atom is 0.270 e. The summed E-state index contributed by atoms with van der Waals surface area (Å²) in [6, 6.07) is 12.8. The fourth-order valence-corrected chi connectivity index (χ4v) is 4.15. The van der Waals surface area contributed by atoms with Crippen molar-refractivity contribution in [2.24, 2.45) is 0 Å². The predicted molar refractivity (Wildman–Crippen MR) is 120 cm³/mol. The third-order valence-electron chi connectivity index (χ3n) is 4.28. The Balaban J connectivity index is 1.80. The van der Waals surface area contributed by atoms with Gasteiger partial charge in [-0.3, -0.25) is 9.69 Å². The molecule has 3 rings (SSSR count). The maximum absolute atomic E-state index is 12.9. The highest BCUT2D eigenvalue weighted by Gasteiger charge is 2.33. The molecule has 1 heterocycles. The average Bonchev–Trinajstić information content (AvgIpc) is 2.96. The second-order valence-corrected chi connectivity index (χ2v) is 8.32. The molecule has 2 aromatic carbocycles. The van der Waals surface area contributed by atoms with Crippen molar-refractivity contribution < 1.29 is 14.3 Å². The minimum Gasteiger partial charge on any atom is -0.495 e. The van der Waals surface area contributed by atoms with Gasteiger partial charge in [-0.15, -0.1) is 0 Å². The van der Waals surface area contributed by atoms with Crippen LogP contribution in [0.3, 0.4) is 0 Å². The third-order valence-corrected chi connectivity index (χ3v) is 5.87. The molecule has 0 aliphatic carbocycles. The predicted octanol–water partition coefficient (Wildman–Crippen LogP) is 5.93. The Hall–Kier alpha value is -2.02. The number of amides is 1. The number of nitrogens with zero attached hydrogens (tertiary/aromatic N) is 1. The molecule has 0 bridgehead atoms. The number of thioether (sulfide) groups is 1. The molecule has 0 aromatic heterocycles. The molecule has 2 aromatic rings. The highest BCUT2D eigenvalue weighted by Crippen LogP contribution is 2.38. The topological polar surface area (TPSA) is 38.8 Å². The molecule has 28 heavy (non-hydrogen) atoms. The van der Waals surface area contributed by atoms with Crippen molar-refractivity contribution in [3.05, 3.63) is 58.0 Å². The number of rotatable bonds is 6. The molecule has 1 aliphatic rings. The van der Waals surface area contributed by atoms with Crippen molar-refractivity contribution in [3.63, 3.8) is 0 Å². The number of ether oxygens (including phenoxy) is 2. The van der Waals surface area contributed by atoms with Crippen LogP contribution in [0, 0.1) is 0 Å². The van der Waals surface area contributed by atoms with Gasteiger partial charge < -0.3 is 9.47 Å². The highest BCUT2D eigenvalue weighted by molar-refractivity contribution is 8.27. The molecule has 0 saturated carbocycles. The summed E-state index contributed by atoms with van der Waals surface area (Å²) in [6.45, 7) is 4.11. The molecule has 1 fully saturated rings. The number of carbonyl (C=O) groups is 1. The lowest BCUT2D eigenvalue weighted by Gasteiger charge is -2.15. The molecular weight excluding hydrogens is 414 g/mol. The molecule has 1 atom stereocenters. The molecule has 4 nitrogen and oxygen atoms in total. The Morgan fingerprint density at radius 1 is 1.25 bits per heavy atom. The first-order chi connectivity index (χ1) is 13.4. The zero-order valence-electron chi connectivity index (χ0n) is 15.8. The van der Waals surface area contributed by atoms with E-state index in [4.69, 9.17) is 33.3 Å². The van der Waals surface area contributed by atoms with E-state index in [1.54, 1.807) is 25.3 Å². The summed E-state index contributed by atoms with van der Waals surface area (Å²) in [7, 11) is 1.54. The number of carbonyl (C=O) groups excluding carboxylic acids is 1. The van der Waals surface area contributed by atoms with E-state index in [0.29, 0.717) is 25.7 Å². The smallest absolute Gasteiger partial charge is 0.270 e. The van der Waals surface area contributed by atoms with Crippen LogP contribution in [0.5, 0.6) is 11.5 Å². The zero-order valence-corrected chi connectivity index (χ0v) is 18.2. The van der Waals surface area contributed by atoms with Crippen molar-refractivity contribution in [3.8, 4) is 11.5 Å². The van der Waals surface area contributed by atoms with Gasteiger partial charge in [-0.1, -0.05) is 54.6 Å². The van der Waals surface area contributed by atoms with Crippen LogP contribution in [0.15, 0.2) is 47.4 Å². The van der Waals surface area contributed by atoms with Gasteiger partial charge in [0, 0.05) is 0 Å². The van der Waals surface area contributed by atoms with Crippen molar-refractivity contribution in [2.75, 3.05) is 12.0 Å². The Bertz CT molecular complexity index is 928. The summed E-state index contributed by atoms with van der Waals surface area (Å²) in [5.74, 6) is 1.19. The summed E-state index contributed by atoms with van der Waals surface area (Å²) in [6.07, 6.45) is 2.94. The van der Waals surface area contributed by atoms with Crippen LogP contribution in [0.1, 0.15) is 25.8 Å². The summed E-state index contributed by atoms with van der Waals surface area (Å²) in [4.78, 5) is 14.9. The van der Waals surface area contributed by atoms with E-state index < -0.39 is 0 Å². The average molecular weight is 434 g/mol. The molecule has 7 heteroatoms. The molecule has 1 aliphatic heterocycles. The fourth-order valence-electron chi connectivity index (χ4n) is 2.59. The summed E-state index contributed by atoms with van der Waals surface area (Å²) in [5.41, 5.74) is 1.53. The minimum absolute atomic E-state index is 0.165. The Kier molecular flexibility index (Phi) is 6.65. The van der Waals surface area contributed by atoms with Gasteiger partial charge in [-0.25, -0.2) is 0 Å². The van der Waals surface area contributed by atoms with Crippen molar-refractivity contribution in [1.29, 1.82) is 0 Å². The monoisotopic (exact) mass is 433 g/mol. The van der Waals surface area contributed by atoms with Crippen molar-refractivity contribution in [1.82, 2.24) is 0 Å². The second kappa shape index (κ2) is 8.99. The molecule has 0 N–H and O–H groups in total. The number of hydrogen-bond acceptors (Lipinski definition) is 5. The first-order valence-corrected chi connectivity index (χ1v) is 10.4. The van der Waals surface area contributed by atoms with E-state index in [1.165, 1.54) is 16.7 Å². The SMILES string of the molecule is CC[C@H](C)Oc1ccc(/C=C2\SC(=S)N(c3ccc(OC)c(Cl)c3)C2=O)cc1. The van der Waals surface area contributed by atoms with Crippen LogP contribution in [0.4, 0.5) is 5.69 Å². The zero-order chi connectivity index (χ0) is 20.3. The lowest BCUT2D eigenvalue weighted by atomic mass is 10.2. The van der Waals surface area contributed by atoms with Crippen LogP contribution in [0.25, 0.3) is 6.08 Å². The summed E-state index contributed by atoms with van der Waals surface area (Å²) < 4.78 is 11.4. The Morgan fingerprint density at radius 3 is 2.57 bits per heavy atom. The van der Waals surface area contributed by atoms with E-state index in [1.807, 2.05) is 37.3 Å². The minimum atomic E-state index is -0.170. The number of methoxy groups -OCH3 is 1. The molecule has 1 amide bonds. The Morgan fingerprint density at radius 2 is 1.96 bits per heavy atom. The molecule has 0 spiro atoms. The first kappa shape index (κ1) is 20.7. The van der Waals surface area contributed by atoms with Gasteiger partial charge in [0.25, 0.3) is 5.91 Å². The van der Waals surface area contributed by atoms with Crippen molar-refractivity contribution >= 4 is 57.6 Å². The molecule has 1 saturated heterocycles. The lowest BCUT2D eigenvalue weighted by Crippen LogP contribution is -2.27. The molecular formula is C21H20ClNO3S2. The number of benzene rings is 2. The van der Waals surface area contributed by atoms with Gasteiger partial charge in [0.05, 0.1) is 28.8 Å². The fraction of sp³-hybridized carbons (Fsp3) is 0.238. The molecule has 0 radical (unpaired) electrons. The number of hydrogen-bond donors (Lipinski definition) is 0. The number of thiocarbonyl (C=S) groups is 1. The van der Waals surface area contributed by atoms with Gasteiger partial charge in [-0.05, 0) is 55.3 Å². The summed E-state index contributed by atoms with van der Waals surface area (Å²) >= 11 is 12.9. The second-order valence-electron chi connectivity index (χ2n) is 6.24. The van der Waals surface area contributed by atoms with Crippen LogP contribution in [0.2, 0.25) is 5.02 Å². The number of anilines is 1. The maximum atomic E-state index is 12.9. The molecule has 146 valence electrons. The van der Waals surface area contributed by atoms with E-state index in [-0.39, 0.29) is 12.0 Å². The normalized spacial score (nSPS) is 16.6. The van der Waals surface area contributed by atoms with E-state index >= 15 is 0 Å². The number of halogens is 1. The third kappa shape index (κ3) is 4.51. The largest absolute Gasteiger partial charge is 0.495 e. The van der Waals surface area contributed by atoms with Crippen LogP contribution < -0.4 is 14.4 Å². The first-order valence-electron chi connectivity index (χ1n) is 8.81. The summed E-state index contributed by atoms with van der Waals surface area (Å²) in [5, 5.41) is 0.426. The van der Waals surface area contributed by atoms with Crippen molar-refractivity contribution in [2.45, 2.75) is 26.4 Å². The van der Waals surface area contributed by atoms with E-state index in [9.17, 15) is 4.79 Å². The van der Waals surface area contributed by atoms with E-state index in [2.05, 4.69) is 6.92 Å². The van der Waals surface area contributed by atoms with E-state index in [0.717, 1.165) is 17.7 Å². The lowest BCUT2D eigenvalue weighted by molar-refractivity contribution is -0.113. The van der Waals surface area contributed by atoms with Gasteiger partial charge >= 0.3 is 0 Å². The van der Waals surface area contributed by atoms with Gasteiger partial charge in [0.1, 0.15) is 11.5 Å². The standard InChI is InChI=1S/C21H20ClNO3S2/c1-4-13(2)26-16-8-5-14(6-9-16)11-19-20(24)23(21(27)28-19)15-7-10-18(25-3)17(22)12-15/h5-13H,4H2,1-3H3/b19-11-/t13-/m0/s1. The van der Waals surface area contributed by atoms with Crippen LogP contribution >= 0.6 is 35.6 Å². The van der Waals surface area contributed by atoms with Crippen LogP contribution in [-0.4, -0.2) is 23.4 Å².